The Bertz CT molecular complexity index is 365. The van der Waals surface area contributed by atoms with Crippen molar-refractivity contribution in [2.24, 2.45) is 5.73 Å². The highest BCUT2D eigenvalue weighted by Crippen LogP contribution is 2.41. The van der Waals surface area contributed by atoms with Crippen LogP contribution >= 0.6 is 0 Å². The first kappa shape index (κ1) is 12.5. The molecule has 1 aromatic heterocycles. The Kier molecular flexibility index (Phi) is 3.49. The van der Waals surface area contributed by atoms with Gasteiger partial charge in [-0.2, -0.15) is 0 Å². The van der Waals surface area contributed by atoms with Crippen molar-refractivity contribution in [2.45, 2.75) is 50.7 Å². The van der Waals surface area contributed by atoms with Crippen LogP contribution in [0.25, 0.3) is 0 Å². The zero-order valence-corrected chi connectivity index (χ0v) is 11.1. The lowest BCUT2D eigenvalue weighted by molar-refractivity contribution is 0.119. The van der Waals surface area contributed by atoms with Crippen molar-refractivity contribution < 1.29 is 0 Å². The van der Waals surface area contributed by atoms with Crippen LogP contribution < -0.4 is 5.73 Å². The predicted molar refractivity (Wildman–Crippen MR) is 67.5 cm³/mol. The molecule has 1 heterocycles. The molecule has 0 saturated heterocycles. The van der Waals surface area contributed by atoms with E-state index in [1.165, 1.54) is 12.8 Å². The molecule has 0 aliphatic heterocycles. The molecule has 5 nitrogen and oxygen atoms in total. The Balaban J connectivity index is 2.31. The molecule has 1 aromatic rings. The molecular weight excluding hydrogens is 214 g/mol. The number of nitrogens with two attached hydrogens (primary N) is 1. The van der Waals surface area contributed by atoms with Gasteiger partial charge in [0, 0.05) is 12.1 Å². The van der Waals surface area contributed by atoms with Crippen molar-refractivity contribution in [2.75, 3.05) is 14.1 Å². The van der Waals surface area contributed by atoms with Gasteiger partial charge in [-0.1, -0.05) is 18.1 Å². The van der Waals surface area contributed by atoms with Gasteiger partial charge in [0.15, 0.2) is 0 Å². The fraction of sp³-hybridized carbons (Fsp3) is 0.833. The second-order valence-corrected chi connectivity index (χ2v) is 5.16. The van der Waals surface area contributed by atoms with Crippen LogP contribution in [-0.4, -0.2) is 39.5 Å². The SMILES string of the molecule is CCn1nncc1C(N)C1(N(C)C)CCCC1. The maximum absolute atomic E-state index is 6.51. The lowest BCUT2D eigenvalue weighted by atomic mass is 9.85. The van der Waals surface area contributed by atoms with E-state index in [1.807, 2.05) is 10.9 Å². The fourth-order valence-electron chi connectivity index (χ4n) is 3.05. The molecular formula is C12H23N5. The normalized spacial score (nSPS) is 21.0. The van der Waals surface area contributed by atoms with Gasteiger partial charge in [-0.3, -0.25) is 0 Å². The minimum Gasteiger partial charge on any atom is -0.321 e. The molecule has 17 heavy (non-hydrogen) atoms. The maximum Gasteiger partial charge on any atom is 0.0773 e. The average Bonchev–Trinajstić information content (AvgIpc) is 2.97. The number of likely N-dealkylation sites (N-methyl/N-ethyl adjacent to an activating group) is 1. The highest BCUT2D eigenvalue weighted by atomic mass is 15.4. The first-order valence-electron chi connectivity index (χ1n) is 6.43. The van der Waals surface area contributed by atoms with Crippen LogP contribution in [0.1, 0.15) is 44.3 Å². The summed E-state index contributed by atoms with van der Waals surface area (Å²) in [6.07, 6.45) is 6.67. The fourth-order valence-corrected chi connectivity index (χ4v) is 3.05. The lowest BCUT2D eigenvalue weighted by Crippen LogP contribution is -2.50. The maximum atomic E-state index is 6.51. The predicted octanol–water partition coefficient (Wildman–Crippen LogP) is 1.17. The van der Waals surface area contributed by atoms with Gasteiger partial charge in [-0.05, 0) is 33.9 Å². The van der Waals surface area contributed by atoms with Crippen molar-refractivity contribution in [3.63, 3.8) is 0 Å². The lowest BCUT2D eigenvalue weighted by Gasteiger charge is -2.41. The molecule has 0 amide bonds. The summed E-state index contributed by atoms with van der Waals surface area (Å²) in [7, 11) is 4.26. The Morgan fingerprint density at radius 1 is 1.47 bits per heavy atom. The van der Waals surface area contributed by atoms with E-state index >= 15 is 0 Å². The quantitative estimate of drug-likeness (QED) is 0.854. The first-order valence-corrected chi connectivity index (χ1v) is 6.43. The molecule has 1 atom stereocenters. The molecule has 1 aliphatic rings. The molecule has 1 saturated carbocycles. The van der Waals surface area contributed by atoms with Crippen LogP contribution in [-0.2, 0) is 6.54 Å². The van der Waals surface area contributed by atoms with Crippen molar-refractivity contribution in [1.82, 2.24) is 19.9 Å². The molecule has 1 unspecified atom stereocenters. The summed E-state index contributed by atoms with van der Waals surface area (Å²) in [4.78, 5) is 2.29. The summed E-state index contributed by atoms with van der Waals surface area (Å²) in [5.41, 5.74) is 7.65. The Morgan fingerprint density at radius 3 is 2.65 bits per heavy atom. The van der Waals surface area contributed by atoms with Crippen LogP contribution in [0.4, 0.5) is 0 Å². The van der Waals surface area contributed by atoms with Gasteiger partial charge in [-0.15, -0.1) is 5.10 Å². The second kappa shape index (κ2) is 4.74. The van der Waals surface area contributed by atoms with Gasteiger partial charge in [0.1, 0.15) is 0 Å². The van der Waals surface area contributed by atoms with E-state index in [9.17, 15) is 0 Å². The first-order chi connectivity index (χ1) is 8.12. The van der Waals surface area contributed by atoms with E-state index in [0.717, 1.165) is 25.1 Å². The van der Waals surface area contributed by atoms with Gasteiger partial charge in [0.05, 0.1) is 17.9 Å². The van der Waals surface area contributed by atoms with E-state index in [2.05, 4.69) is 36.2 Å². The molecule has 2 N–H and O–H groups in total. The smallest absolute Gasteiger partial charge is 0.0773 e. The largest absolute Gasteiger partial charge is 0.321 e. The third kappa shape index (κ3) is 1.98. The second-order valence-electron chi connectivity index (χ2n) is 5.16. The van der Waals surface area contributed by atoms with Gasteiger partial charge >= 0.3 is 0 Å². The highest BCUT2D eigenvalue weighted by Gasteiger charge is 2.43. The number of hydrogen-bond acceptors (Lipinski definition) is 4. The van der Waals surface area contributed by atoms with E-state index in [-0.39, 0.29) is 11.6 Å². The molecule has 2 rings (SSSR count). The Hall–Kier alpha value is -0.940. The standard InChI is InChI=1S/C12H23N5/c1-4-17-10(9-14-15-17)11(13)12(16(2)3)7-5-6-8-12/h9,11H,4-8,13H2,1-3H3. The van der Waals surface area contributed by atoms with Crippen LogP contribution in [0.5, 0.6) is 0 Å². The molecule has 0 aromatic carbocycles. The van der Waals surface area contributed by atoms with Crippen LogP contribution in [0.15, 0.2) is 6.20 Å². The number of nitrogens with zero attached hydrogens (tertiary/aromatic N) is 4. The Labute approximate surface area is 103 Å². The van der Waals surface area contributed by atoms with Crippen molar-refractivity contribution in [3.05, 3.63) is 11.9 Å². The van der Waals surface area contributed by atoms with Gasteiger partial charge in [0.25, 0.3) is 0 Å². The number of aryl methyl sites for hydroxylation is 1. The Morgan fingerprint density at radius 2 is 2.12 bits per heavy atom. The molecule has 5 heteroatoms. The summed E-state index contributed by atoms with van der Waals surface area (Å²) >= 11 is 0. The van der Waals surface area contributed by atoms with Crippen molar-refractivity contribution >= 4 is 0 Å². The van der Waals surface area contributed by atoms with E-state index < -0.39 is 0 Å². The third-order valence-electron chi connectivity index (χ3n) is 4.20. The minimum absolute atomic E-state index is 0.00468. The number of aromatic nitrogens is 3. The third-order valence-corrected chi connectivity index (χ3v) is 4.20. The molecule has 1 fully saturated rings. The van der Waals surface area contributed by atoms with Crippen LogP contribution in [0, 0.1) is 0 Å². The topological polar surface area (TPSA) is 60.0 Å². The summed E-state index contributed by atoms with van der Waals surface area (Å²) in [6.45, 7) is 2.90. The molecule has 0 bridgehead atoms. The van der Waals surface area contributed by atoms with Gasteiger partial charge in [-0.25, -0.2) is 4.68 Å². The van der Waals surface area contributed by atoms with E-state index in [1.54, 1.807) is 0 Å². The summed E-state index contributed by atoms with van der Waals surface area (Å²) in [5.74, 6) is 0. The van der Waals surface area contributed by atoms with E-state index in [0.29, 0.717) is 0 Å². The van der Waals surface area contributed by atoms with Crippen LogP contribution in [0.2, 0.25) is 0 Å². The molecule has 0 radical (unpaired) electrons. The van der Waals surface area contributed by atoms with Crippen molar-refractivity contribution in [1.29, 1.82) is 0 Å². The minimum atomic E-state index is -0.00468. The van der Waals surface area contributed by atoms with Crippen LogP contribution in [0.3, 0.4) is 0 Å². The van der Waals surface area contributed by atoms with Crippen molar-refractivity contribution in [3.8, 4) is 0 Å². The molecule has 1 aliphatic carbocycles. The van der Waals surface area contributed by atoms with Gasteiger partial charge < -0.3 is 10.6 Å². The highest BCUT2D eigenvalue weighted by molar-refractivity contribution is 5.13. The van der Waals surface area contributed by atoms with Gasteiger partial charge in [0.2, 0.25) is 0 Å². The molecule has 0 spiro atoms. The van der Waals surface area contributed by atoms with E-state index in [4.69, 9.17) is 5.73 Å². The summed E-state index contributed by atoms with van der Waals surface area (Å²) in [5, 5.41) is 8.08. The molecule has 96 valence electrons. The zero-order valence-electron chi connectivity index (χ0n) is 11.1. The monoisotopic (exact) mass is 237 g/mol. The summed E-state index contributed by atoms with van der Waals surface area (Å²) in [6, 6.07) is -0.00468. The number of rotatable bonds is 4. The average molecular weight is 237 g/mol. The summed E-state index contributed by atoms with van der Waals surface area (Å²) < 4.78 is 1.91. The zero-order chi connectivity index (χ0) is 12.5. The number of hydrogen-bond donors (Lipinski definition) is 1.